The number of pyridine rings is 1. The topological polar surface area (TPSA) is 73.8 Å². The second-order valence-electron chi connectivity index (χ2n) is 5.90. The molecule has 0 spiro atoms. The molecule has 6 heteroatoms. The lowest BCUT2D eigenvalue weighted by molar-refractivity contribution is 0.1000. The summed E-state index contributed by atoms with van der Waals surface area (Å²) in [6.45, 7) is 0. The Balaban J connectivity index is 1.99. The molecule has 2 aromatic heterocycles. The van der Waals surface area contributed by atoms with Gasteiger partial charge in [-0.3, -0.25) is 9.36 Å². The van der Waals surface area contributed by atoms with Crippen molar-refractivity contribution in [1.29, 1.82) is 0 Å². The van der Waals surface area contributed by atoms with Crippen LogP contribution in [-0.4, -0.2) is 20.4 Å². The number of nitrogens with two attached hydrogens (primary N) is 1. The summed E-state index contributed by atoms with van der Waals surface area (Å²) in [5.74, 6) is -0.486. The van der Waals surface area contributed by atoms with E-state index in [4.69, 9.17) is 5.73 Å². The smallest absolute Gasteiger partial charge is 0.250 e. The molecule has 1 amide bonds. The molecule has 0 aliphatic heterocycles. The van der Waals surface area contributed by atoms with Gasteiger partial charge < -0.3 is 5.73 Å². The average Bonchev–Trinajstić information content (AvgIpc) is 2.98. The minimum Gasteiger partial charge on any atom is -0.366 e. The molecule has 4 rings (SSSR count). The molecule has 0 saturated heterocycles. The molecule has 2 aromatic carbocycles. The van der Waals surface area contributed by atoms with Gasteiger partial charge in [0.05, 0.1) is 11.3 Å². The zero-order valence-electron chi connectivity index (χ0n) is 13.8. The van der Waals surface area contributed by atoms with Crippen LogP contribution < -0.4 is 5.73 Å². The van der Waals surface area contributed by atoms with E-state index in [-0.39, 0.29) is 0 Å². The summed E-state index contributed by atoms with van der Waals surface area (Å²) in [6.07, 6.45) is 2.37. The van der Waals surface area contributed by atoms with Gasteiger partial charge in [0.2, 0.25) is 0 Å². The summed E-state index contributed by atoms with van der Waals surface area (Å²) in [6, 6.07) is 19.4. The second kappa shape index (κ2) is 6.72. The van der Waals surface area contributed by atoms with Crippen molar-refractivity contribution in [2.45, 2.75) is 6.42 Å². The third-order valence-corrected chi connectivity index (χ3v) is 4.75. The van der Waals surface area contributed by atoms with Crippen molar-refractivity contribution in [3.8, 4) is 5.69 Å². The van der Waals surface area contributed by atoms with Gasteiger partial charge >= 0.3 is 0 Å². The molecule has 5 nitrogen and oxygen atoms in total. The minimum atomic E-state index is -0.486. The molecule has 0 aliphatic carbocycles. The Hall–Kier alpha value is -2.99. The summed E-state index contributed by atoms with van der Waals surface area (Å²) in [5, 5.41) is 0. The predicted octanol–water partition coefficient (Wildman–Crippen LogP) is 3.87. The highest BCUT2D eigenvalue weighted by Crippen LogP contribution is 2.29. The number of aromatic nitrogens is 3. The normalized spacial score (nSPS) is 11.0. The summed E-state index contributed by atoms with van der Waals surface area (Å²) < 4.78 is 2.42. The molecule has 0 fully saturated rings. The maximum atomic E-state index is 12.1. The molecule has 2 N–H and O–H groups in total. The van der Waals surface area contributed by atoms with Gasteiger partial charge in [0.1, 0.15) is 5.52 Å². The summed E-state index contributed by atoms with van der Waals surface area (Å²) in [7, 11) is 0. The molecule has 2 heterocycles. The third kappa shape index (κ3) is 2.88. The summed E-state index contributed by atoms with van der Waals surface area (Å²) >= 11 is 3.51. The van der Waals surface area contributed by atoms with Crippen molar-refractivity contribution < 1.29 is 4.79 Å². The van der Waals surface area contributed by atoms with Gasteiger partial charge in [0.15, 0.2) is 10.4 Å². The highest BCUT2D eigenvalue weighted by Gasteiger charge is 2.20. The largest absolute Gasteiger partial charge is 0.366 e. The van der Waals surface area contributed by atoms with Crippen LogP contribution in [0.4, 0.5) is 0 Å². The predicted molar refractivity (Wildman–Crippen MR) is 104 cm³/mol. The van der Waals surface area contributed by atoms with E-state index in [9.17, 15) is 4.79 Å². The number of carbonyl (C=O) groups excluding carboxylic acids is 1. The van der Waals surface area contributed by atoms with Crippen LogP contribution in [0, 0.1) is 0 Å². The van der Waals surface area contributed by atoms with Gasteiger partial charge in [0, 0.05) is 6.20 Å². The van der Waals surface area contributed by atoms with Crippen molar-refractivity contribution >= 4 is 33.0 Å². The molecule has 0 atom stereocenters. The van der Waals surface area contributed by atoms with Crippen LogP contribution in [0.25, 0.3) is 16.9 Å². The Kier molecular flexibility index (Phi) is 4.26. The summed E-state index contributed by atoms with van der Waals surface area (Å²) in [4.78, 5) is 21.1. The lowest BCUT2D eigenvalue weighted by Crippen LogP contribution is -2.16. The molecule has 0 saturated carbocycles. The number of primary amides is 1. The number of amides is 1. The lowest BCUT2D eigenvalue weighted by atomic mass is 9.99. The molecule has 0 aliphatic rings. The summed E-state index contributed by atoms with van der Waals surface area (Å²) in [5.41, 5.74) is 10.3. The fourth-order valence-corrected chi connectivity index (χ4v) is 3.63. The molecular weight excluding hydrogens is 392 g/mol. The first kappa shape index (κ1) is 16.5. The van der Waals surface area contributed by atoms with Crippen LogP contribution in [0.15, 0.2) is 71.6 Å². The van der Waals surface area contributed by atoms with E-state index in [1.807, 2.05) is 47.0 Å². The highest BCUT2D eigenvalue weighted by molar-refractivity contribution is 9.10. The fourth-order valence-electron chi connectivity index (χ4n) is 3.10. The highest BCUT2D eigenvalue weighted by atomic mass is 79.9. The van der Waals surface area contributed by atoms with Gasteiger partial charge in [-0.25, -0.2) is 9.97 Å². The number of imidazole rings is 1. The average molecular weight is 407 g/mol. The van der Waals surface area contributed by atoms with Gasteiger partial charge in [0.25, 0.3) is 5.91 Å². The van der Waals surface area contributed by atoms with E-state index in [1.165, 1.54) is 0 Å². The van der Waals surface area contributed by atoms with Crippen molar-refractivity contribution in [2.24, 2.45) is 5.73 Å². The van der Waals surface area contributed by atoms with Crippen LogP contribution in [0.2, 0.25) is 0 Å². The number of para-hydroxylation sites is 1. The number of hydrogen-bond donors (Lipinski definition) is 1. The standard InChI is InChI=1S/C20H15BrN4O/c21-20-24-16-10-5-11-23-19(16)25(20)17-14(8-4-9-15(17)18(22)26)12-13-6-2-1-3-7-13/h1-11H,12H2,(H2,22,26). The van der Waals surface area contributed by atoms with E-state index in [0.29, 0.717) is 28.1 Å². The molecule has 26 heavy (non-hydrogen) atoms. The van der Waals surface area contributed by atoms with E-state index < -0.39 is 5.91 Å². The third-order valence-electron chi connectivity index (χ3n) is 4.22. The van der Waals surface area contributed by atoms with Crippen LogP contribution >= 0.6 is 15.9 Å². The van der Waals surface area contributed by atoms with Crippen LogP contribution in [0.5, 0.6) is 0 Å². The number of halogens is 1. The van der Waals surface area contributed by atoms with E-state index in [1.54, 1.807) is 12.3 Å². The number of fused-ring (bicyclic) bond motifs is 1. The Morgan fingerprint density at radius 1 is 1.04 bits per heavy atom. The molecule has 128 valence electrons. The fraction of sp³-hybridized carbons (Fsp3) is 0.0500. The quantitative estimate of drug-likeness (QED) is 0.558. The second-order valence-corrected chi connectivity index (χ2v) is 6.61. The van der Waals surface area contributed by atoms with E-state index in [0.717, 1.165) is 16.6 Å². The Labute approximate surface area is 158 Å². The maximum Gasteiger partial charge on any atom is 0.250 e. The van der Waals surface area contributed by atoms with Crippen molar-refractivity contribution in [1.82, 2.24) is 14.5 Å². The maximum absolute atomic E-state index is 12.1. The van der Waals surface area contributed by atoms with Crippen LogP contribution in [0.3, 0.4) is 0 Å². The Morgan fingerprint density at radius 2 is 1.85 bits per heavy atom. The molecule has 4 aromatic rings. The van der Waals surface area contributed by atoms with Gasteiger partial charge in [-0.15, -0.1) is 0 Å². The number of carbonyl (C=O) groups is 1. The first-order valence-electron chi connectivity index (χ1n) is 8.10. The zero-order valence-corrected chi connectivity index (χ0v) is 15.3. The Morgan fingerprint density at radius 3 is 2.62 bits per heavy atom. The number of rotatable bonds is 4. The van der Waals surface area contributed by atoms with E-state index in [2.05, 4.69) is 38.0 Å². The van der Waals surface area contributed by atoms with Crippen molar-refractivity contribution in [3.05, 3.63) is 88.3 Å². The zero-order chi connectivity index (χ0) is 18.1. The SMILES string of the molecule is NC(=O)c1cccc(Cc2ccccc2)c1-n1c(Br)nc2cccnc21. The molecule has 0 unspecified atom stereocenters. The number of benzene rings is 2. The van der Waals surface area contributed by atoms with Crippen LogP contribution in [-0.2, 0) is 6.42 Å². The first-order chi connectivity index (χ1) is 12.6. The van der Waals surface area contributed by atoms with Gasteiger partial charge in [-0.2, -0.15) is 0 Å². The molecule has 0 radical (unpaired) electrons. The Bertz CT molecular complexity index is 1110. The van der Waals surface area contributed by atoms with Crippen LogP contribution in [0.1, 0.15) is 21.5 Å². The first-order valence-corrected chi connectivity index (χ1v) is 8.89. The van der Waals surface area contributed by atoms with E-state index >= 15 is 0 Å². The monoisotopic (exact) mass is 406 g/mol. The molecule has 0 bridgehead atoms. The van der Waals surface area contributed by atoms with Crippen molar-refractivity contribution in [3.63, 3.8) is 0 Å². The van der Waals surface area contributed by atoms with Crippen molar-refractivity contribution in [2.75, 3.05) is 0 Å². The lowest BCUT2D eigenvalue weighted by Gasteiger charge is -2.15. The van der Waals surface area contributed by atoms with Gasteiger partial charge in [-0.1, -0.05) is 42.5 Å². The number of hydrogen-bond acceptors (Lipinski definition) is 3. The number of nitrogens with zero attached hydrogens (tertiary/aromatic N) is 3. The minimum absolute atomic E-state index is 0.434. The molecular formula is C20H15BrN4O. The van der Waals surface area contributed by atoms with Gasteiger partial charge in [-0.05, 0) is 51.7 Å².